The van der Waals surface area contributed by atoms with Crippen molar-refractivity contribution in [3.8, 4) is 11.1 Å². The average molecular weight is 523 g/mol. The molecule has 2 amide bonds. The summed E-state index contributed by atoms with van der Waals surface area (Å²) in [6.45, 7) is 0. The molecule has 37 heavy (non-hydrogen) atoms. The molecule has 0 spiro atoms. The highest BCUT2D eigenvalue weighted by Gasteiger charge is 2.32. The molecule has 9 heteroatoms. The van der Waals surface area contributed by atoms with Crippen LogP contribution in [0, 0.1) is 5.92 Å². The minimum Gasteiger partial charge on any atom is -0.480 e. The first-order valence-corrected chi connectivity index (χ1v) is 14.0. The molecule has 3 atom stereocenters. The summed E-state index contributed by atoms with van der Waals surface area (Å²) in [5, 5.41) is 11.7. The number of benzene rings is 3. The SMILES string of the molecule is NC(=O)C[C@H](NC(=O)[C@H](Cc1ccc(-c2ccccc2)cc1)CP(=O)(O)CCc1ccccc1)C(=O)O. The molecule has 0 aromatic heterocycles. The molecule has 3 rings (SSSR count). The lowest BCUT2D eigenvalue weighted by Crippen LogP contribution is -2.46. The van der Waals surface area contributed by atoms with Gasteiger partial charge in [0.25, 0.3) is 0 Å². The quantitative estimate of drug-likeness (QED) is 0.253. The van der Waals surface area contributed by atoms with Gasteiger partial charge in [-0.15, -0.1) is 0 Å². The fourth-order valence-electron chi connectivity index (χ4n) is 4.06. The largest absolute Gasteiger partial charge is 0.480 e. The molecule has 1 unspecified atom stereocenters. The number of carboxylic acids is 1. The lowest BCUT2D eigenvalue weighted by Gasteiger charge is -2.22. The molecule has 3 aromatic rings. The molecule has 0 saturated carbocycles. The van der Waals surface area contributed by atoms with Crippen LogP contribution in [0.4, 0.5) is 0 Å². The number of carboxylic acid groups (broad SMARTS) is 1. The van der Waals surface area contributed by atoms with Crippen molar-refractivity contribution in [1.29, 1.82) is 0 Å². The lowest BCUT2D eigenvalue weighted by molar-refractivity contribution is -0.143. The van der Waals surface area contributed by atoms with E-state index in [1.807, 2.05) is 84.9 Å². The second-order valence-corrected chi connectivity index (χ2v) is 11.5. The summed E-state index contributed by atoms with van der Waals surface area (Å²) >= 11 is 0. The van der Waals surface area contributed by atoms with Gasteiger partial charge in [0, 0.05) is 12.3 Å². The summed E-state index contributed by atoms with van der Waals surface area (Å²) < 4.78 is 13.1. The smallest absolute Gasteiger partial charge is 0.326 e. The lowest BCUT2D eigenvalue weighted by atomic mass is 9.97. The van der Waals surface area contributed by atoms with E-state index in [1.54, 1.807) is 0 Å². The van der Waals surface area contributed by atoms with Crippen LogP contribution in [0.1, 0.15) is 17.5 Å². The van der Waals surface area contributed by atoms with E-state index in [9.17, 15) is 28.9 Å². The first-order chi connectivity index (χ1) is 17.6. The van der Waals surface area contributed by atoms with Gasteiger partial charge < -0.3 is 21.1 Å². The van der Waals surface area contributed by atoms with Crippen molar-refractivity contribution in [3.63, 3.8) is 0 Å². The van der Waals surface area contributed by atoms with Crippen LogP contribution in [0.25, 0.3) is 11.1 Å². The highest BCUT2D eigenvalue weighted by Crippen LogP contribution is 2.43. The third kappa shape index (κ3) is 9.01. The van der Waals surface area contributed by atoms with Crippen molar-refractivity contribution in [2.45, 2.75) is 25.3 Å². The molecule has 0 bridgehead atoms. The Morgan fingerprint density at radius 2 is 1.41 bits per heavy atom. The summed E-state index contributed by atoms with van der Waals surface area (Å²) in [5.41, 5.74) is 8.79. The van der Waals surface area contributed by atoms with Gasteiger partial charge in [-0.3, -0.25) is 14.2 Å². The minimum atomic E-state index is -3.76. The normalized spacial score (nSPS) is 14.2. The standard InChI is InChI=1S/C28H31N2O6P/c29-26(31)18-25(28(33)34)30-27(32)24(19-37(35,36)16-15-20-7-3-1-4-8-20)17-21-11-13-23(14-12-21)22-9-5-2-6-10-22/h1-14,24-25H,15-19H2,(H2,29,31)(H,30,32)(H,33,34)(H,35,36)/t24-,25+/m1/s1. The molecule has 194 valence electrons. The van der Waals surface area contributed by atoms with E-state index >= 15 is 0 Å². The van der Waals surface area contributed by atoms with Gasteiger partial charge in [0.05, 0.1) is 12.3 Å². The van der Waals surface area contributed by atoms with Gasteiger partial charge >= 0.3 is 5.97 Å². The topological polar surface area (TPSA) is 147 Å². The van der Waals surface area contributed by atoms with Gasteiger partial charge in [-0.2, -0.15) is 0 Å². The van der Waals surface area contributed by atoms with Crippen LogP contribution in [0.15, 0.2) is 84.9 Å². The van der Waals surface area contributed by atoms with Crippen molar-refractivity contribution in [1.82, 2.24) is 5.32 Å². The van der Waals surface area contributed by atoms with Crippen LogP contribution in [0.5, 0.6) is 0 Å². The number of rotatable bonds is 13. The van der Waals surface area contributed by atoms with E-state index in [4.69, 9.17) is 5.73 Å². The van der Waals surface area contributed by atoms with E-state index in [1.165, 1.54) is 0 Å². The van der Waals surface area contributed by atoms with Gasteiger partial charge in [-0.25, -0.2) is 4.79 Å². The van der Waals surface area contributed by atoms with E-state index in [2.05, 4.69) is 5.32 Å². The number of nitrogens with two attached hydrogens (primary N) is 1. The van der Waals surface area contributed by atoms with Crippen molar-refractivity contribution >= 4 is 25.2 Å². The number of aliphatic carboxylic acids is 1. The predicted molar refractivity (Wildman–Crippen MR) is 142 cm³/mol. The second kappa shape index (κ2) is 13.0. The fraction of sp³-hybridized carbons (Fsp3) is 0.250. The number of hydrogen-bond donors (Lipinski definition) is 4. The maximum atomic E-state index is 13.1. The third-order valence-corrected chi connectivity index (χ3v) is 7.97. The number of primary amides is 1. The zero-order valence-electron chi connectivity index (χ0n) is 20.3. The fourth-order valence-corrected chi connectivity index (χ4v) is 5.84. The second-order valence-electron chi connectivity index (χ2n) is 9.02. The van der Waals surface area contributed by atoms with Crippen LogP contribution >= 0.6 is 7.37 Å². The summed E-state index contributed by atoms with van der Waals surface area (Å²) in [6.07, 6.45) is -0.426. The maximum absolute atomic E-state index is 13.1. The van der Waals surface area contributed by atoms with Crippen molar-refractivity contribution in [2.24, 2.45) is 11.7 Å². The highest BCUT2D eigenvalue weighted by molar-refractivity contribution is 7.58. The van der Waals surface area contributed by atoms with E-state index in [-0.39, 0.29) is 18.7 Å². The Hall–Kier alpha value is -3.74. The summed E-state index contributed by atoms with van der Waals surface area (Å²) in [7, 11) is -3.76. The van der Waals surface area contributed by atoms with Crippen molar-refractivity contribution in [2.75, 3.05) is 12.3 Å². The zero-order valence-corrected chi connectivity index (χ0v) is 21.2. The molecule has 8 nitrogen and oxygen atoms in total. The molecular formula is C28H31N2O6P. The Morgan fingerprint density at radius 3 is 1.97 bits per heavy atom. The Kier molecular flexibility index (Phi) is 9.78. The number of carbonyl (C=O) groups is 3. The molecular weight excluding hydrogens is 491 g/mol. The van der Waals surface area contributed by atoms with Gasteiger partial charge in [-0.1, -0.05) is 84.9 Å². The van der Waals surface area contributed by atoms with Crippen LogP contribution in [-0.4, -0.2) is 46.1 Å². The van der Waals surface area contributed by atoms with Crippen LogP contribution in [0.2, 0.25) is 0 Å². The molecule has 0 radical (unpaired) electrons. The van der Waals surface area contributed by atoms with Crippen molar-refractivity contribution in [3.05, 3.63) is 96.1 Å². The molecule has 0 heterocycles. The van der Waals surface area contributed by atoms with E-state index < -0.39 is 43.5 Å². The number of nitrogens with one attached hydrogen (secondary N) is 1. The molecule has 0 aliphatic heterocycles. The summed E-state index contributed by atoms with van der Waals surface area (Å²) in [5.74, 6) is -3.98. The molecule has 0 aliphatic rings. The van der Waals surface area contributed by atoms with Crippen molar-refractivity contribution < 1.29 is 28.9 Å². The number of amides is 2. The Bertz CT molecular complexity index is 1250. The van der Waals surface area contributed by atoms with E-state index in [0.29, 0.717) is 6.42 Å². The van der Waals surface area contributed by atoms with Crippen LogP contribution in [-0.2, 0) is 31.8 Å². The predicted octanol–water partition coefficient (Wildman–Crippen LogP) is 3.47. The Morgan fingerprint density at radius 1 is 0.838 bits per heavy atom. The Balaban J connectivity index is 1.78. The molecule has 3 aromatic carbocycles. The zero-order chi connectivity index (χ0) is 26.8. The summed E-state index contributed by atoms with van der Waals surface area (Å²) in [4.78, 5) is 46.7. The average Bonchev–Trinajstić information content (AvgIpc) is 2.88. The van der Waals surface area contributed by atoms with Crippen LogP contribution in [0.3, 0.4) is 0 Å². The Labute approximate surface area is 216 Å². The first kappa shape index (κ1) is 27.8. The minimum absolute atomic E-state index is 0.0165. The molecule has 0 fully saturated rings. The molecule has 5 N–H and O–H groups in total. The van der Waals surface area contributed by atoms with Gasteiger partial charge in [-0.05, 0) is 35.1 Å². The number of aryl methyl sites for hydroxylation is 1. The van der Waals surface area contributed by atoms with E-state index in [0.717, 1.165) is 22.3 Å². The highest BCUT2D eigenvalue weighted by atomic mass is 31.2. The maximum Gasteiger partial charge on any atom is 0.326 e. The first-order valence-electron chi connectivity index (χ1n) is 11.9. The number of carbonyl (C=O) groups excluding carboxylic acids is 2. The monoisotopic (exact) mass is 522 g/mol. The summed E-state index contributed by atoms with van der Waals surface area (Å²) in [6, 6.07) is 25.0. The van der Waals surface area contributed by atoms with Gasteiger partial charge in [0.1, 0.15) is 6.04 Å². The number of hydrogen-bond acceptors (Lipinski definition) is 4. The molecule has 0 saturated heterocycles. The third-order valence-electron chi connectivity index (χ3n) is 6.03. The molecule has 0 aliphatic carbocycles. The van der Waals surface area contributed by atoms with Gasteiger partial charge in [0.15, 0.2) is 0 Å². The van der Waals surface area contributed by atoms with Crippen LogP contribution < -0.4 is 11.1 Å². The van der Waals surface area contributed by atoms with Gasteiger partial charge in [0.2, 0.25) is 19.2 Å².